The molecule has 0 bridgehead atoms. The normalized spacial score (nSPS) is 12.9. The summed E-state index contributed by atoms with van der Waals surface area (Å²) in [5, 5.41) is 23.1. The molecule has 0 fully saturated rings. The zero-order chi connectivity index (χ0) is 49.2. The van der Waals surface area contributed by atoms with Gasteiger partial charge in [0.2, 0.25) is 5.91 Å². The minimum atomic E-state index is -0.836. The Bertz CT molecular complexity index is 1040. The van der Waals surface area contributed by atoms with Gasteiger partial charge < -0.3 is 15.5 Å². The molecule has 0 saturated carbocycles. The summed E-state index contributed by atoms with van der Waals surface area (Å²) >= 11 is 0. The highest BCUT2D eigenvalue weighted by Crippen LogP contribution is 2.18. The predicted molar refractivity (Wildman–Crippen MR) is 304 cm³/mol. The van der Waals surface area contributed by atoms with Crippen LogP contribution in [0.15, 0.2) is 36.5 Å². The molecule has 0 saturated heterocycles. The molecule has 68 heavy (non-hydrogen) atoms. The third-order valence-corrected chi connectivity index (χ3v) is 14.6. The van der Waals surface area contributed by atoms with Crippen molar-refractivity contribution in [3.05, 3.63) is 36.5 Å². The lowest BCUT2D eigenvalue weighted by molar-refractivity contribution is -0.123. The van der Waals surface area contributed by atoms with Gasteiger partial charge in [0.15, 0.2) is 0 Å². The molecule has 4 nitrogen and oxygen atoms in total. The molecule has 0 aliphatic heterocycles. The summed E-state index contributed by atoms with van der Waals surface area (Å²) in [5.74, 6) is -0.0574. The van der Waals surface area contributed by atoms with Crippen LogP contribution in [0.2, 0.25) is 0 Å². The number of aliphatic hydroxyl groups excluding tert-OH is 2. The van der Waals surface area contributed by atoms with E-state index in [4.69, 9.17) is 0 Å². The van der Waals surface area contributed by atoms with E-state index in [9.17, 15) is 15.0 Å². The van der Waals surface area contributed by atoms with Gasteiger partial charge in [-0.1, -0.05) is 326 Å². The summed E-state index contributed by atoms with van der Waals surface area (Å²) in [7, 11) is 0. The first kappa shape index (κ1) is 66.6. The number of allylic oxidation sites excluding steroid dienone is 5. The summed E-state index contributed by atoms with van der Waals surface area (Å²) in [6, 6.07) is -0.619. The van der Waals surface area contributed by atoms with Crippen molar-refractivity contribution in [3.8, 4) is 0 Å². The van der Waals surface area contributed by atoms with Gasteiger partial charge in [-0.2, -0.15) is 0 Å². The maximum Gasteiger partial charge on any atom is 0.220 e. The summed E-state index contributed by atoms with van der Waals surface area (Å²) in [6.07, 6.45) is 82.1. The highest BCUT2D eigenvalue weighted by molar-refractivity contribution is 5.76. The van der Waals surface area contributed by atoms with Gasteiger partial charge in [0.25, 0.3) is 0 Å². The lowest BCUT2D eigenvalue weighted by atomic mass is 10.0. The summed E-state index contributed by atoms with van der Waals surface area (Å²) in [5.41, 5.74) is 0. The molecule has 0 aromatic heterocycles. The zero-order valence-electron chi connectivity index (χ0n) is 46.4. The van der Waals surface area contributed by atoms with Crippen LogP contribution in [0.25, 0.3) is 0 Å². The minimum absolute atomic E-state index is 0.0574. The molecule has 0 rings (SSSR count). The smallest absolute Gasteiger partial charge is 0.220 e. The Kier molecular flexibility index (Phi) is 58.7. The molecule has 0 spiro atoms. The number of rotatable bonds is 58. The molecule has 1 amide bonds. The van der Waals surface area contributed by atoms with Crippen molar-refractivity contribution < 1.29 is 15.0 Å². The highest BCUT2D eigenvalue weighted by atomic mass is 16.3. The molecule has 0 aliphatic carbocycles. The first-order valence-corrected chi connectivity index (χ1v) is 31.2. The van der Waals surface area contributed by atoms with Gasteiger partial charge in [0.05, 0.1) is 18.8 Å². The Labute approximate surface area is 427 Å². The first-order chi connectivity index (χ1) is 33.7. The second-order valence-electron chi connectivity index (χ2n) is 21.5. The molecule has 0 radical (unpaired) electrons. The number of carbonyl (C=O) groups is 1. The molecule has 0 heterocycles. The Balaban J connectivity index is 3.36. The monoisotopic (exact) mass is 954 g/mol. The molecular formula is C64H123NO3. The van der Waals surface area contributed by atoms with Crippen LogP contribution in [-0.2, 0) is 4.79 Å². The van der Waals surface area contributed by atoms with Gasteiger partial charge in [0.1, 0.15) is 0 Å². The van der Waals surface area contributed by atoms with Crippen LogP contribution >= 0.6 is 0 Å². The number of hydrogen-bond donors (Lipinski definition) is 3. The van der Waals surface area contributed by atoms with Crippen LogP contribution in [0, 0.1) is 0 Å². The number of nitrogens with one attached hydrogen (secondary N) is 1. The maximum atomic E-state index is 12.5. The lowest BCUT2D eigenvalue weighted by Gasteiger charge is -2.20. The van der Waals surface area contributed by atoms with E-state index in [0.29, 0.717) is 6.42 Å². The number of aliphatic hydroxyl groups is 2. The standard InChI is InChI=1S/C64H123NO3/c1-3-5-7-9-11-13-15-17-19-20-21-22-23-24-25-26-27-28-29-30-31-32-33-34-35-36-37-38-39-40-41-42-43-44-46-48-50-52-54-56-58-60-64(68)65-62(61-66)63(67)59-57-55-53-51-49-47-45-18-16-14-12-10-8-6-4-2/h15,17,20-21,57,59,62-63,66-67H,3-14,16,18-19,22-56,58,60-61H2,1-2H3,(H,65,68)/b17-15-,21-20-,59-57+. The third-order valence-electron chi connectivity index (χ3n) is 14.6. The third kappa shape index (κ3) is 55.5. The van der Waals surface area contributed by atoms with E-state index in [1.165, 1.54) is 295 Å². The lowest BCUT2D eigenvalue weighted by Crippen LogP contribution is -2.45. The van der Waals surface area contributed by atoms with E-state index in [0.717, 1.165) is 32.1 Å². The Morgan fingerprint density at radius 1 is 0.353 bits per heavy atom. The predicted octanol–water partition coefficient (Wildman–Crippen LogP) is 20.8. The molecule has 0 aromatic carbocycles. The van der Waals surface area contributed by atoms with Crippen molar-refractivity contribution in [2.45, 2.75) is 360 Å². The molecule has 0 aromatic rings. The van der Waals surface area contributed by atoms with E-state index in [1.807, 2.05) is 6.08 Å². The highest BCUT2D eigenvalue weighted by Gasteiger charge is 2.18. The minimum Gasteiger partial charge on any atom is -0.394 e. The van der Waals surface area contributed by atoms with Gasteiger partial charge in [-0.25, -0.2) is 0 Å². The Morgan fingerprint density at radius 2 is 0.603 bits per heavy atom. The molecule has 3 N–H and O–H groups in total. The van der Waals surface area contributed by atoms with Crippen molar-refractivity contribution in [2.75, 3.05) is 6.61 Å². The second kappa shape index (κ2) is 59.9. The number of carbonyl (C=O) groups excluding carboxylic acids is 1. The summed E-state index contributed by atoms with van der Waals surface area (Å²) in [4.78, 5) is 12.5. The van der Waals surface area contributed by atoms with E-state index >= 15 is 0 Å². The topological polar surface area (TPSA) is 69.6 Å². The van der Waals surface area contributed by atoms with Crippen LogP contribution in [0.5, 0.6) is 0 Å². The Hall–Kier alpha value is -1.39. The quantitative estimate of drug-likeness (QED) is 0.0420. The van der Waals surface area contributed by atoms with Crippen LogP contribution < -0.4 is 5.32 Å². The van der Waals surface area contributed by atoms with Gasteiger partial charge in [0, 0.05) is 6.42 Å². The van der Waals surface area contributed by atoms with Crippen molar-refractivity contribution in [1.29, 1.82) is 0 Å². The van der Waals surface area contributed by atoms with Crippen LogP contribution in [0.4, 0.5) is 0 Å². The fraction of sp³-hybridized carbons (Fsp3) is 0.891. The molecule has 2 unspecified atom stereocenters. The number of unbranched alkanes of at least 4 members (excludes halogenated alkanes) is 47. The molecule has 402 valence electrons. The number of hydrogen-bond acceptors (Lipinski definition) is 3. The van der Waals surface area contributed by atoms with E-state index in [-0.39, 0.29) is 12.5 Å². The first-order valence-electron chi connectivity index (χ1n) is 31.2. The van der Waals surface area contributed by atoms with Gasteiger partial charge >= 0.3 is 0 Å². The fourth-order valence-electron chi connectivity index (χ4n) is 9.86. The zero-order valence-corrected chi connectivity index (χ0v) is 46.4. The average molecular weight is 955 g/mol. The molecular weight excluding hydrogens is 831 g/mol. The molecule has 0 aliphatic rings. The fourth-order valence-corrected chi connectivity index (χ4v) is 9.86. The SMILES string of the molecule is CCCCCCC/C=C\C/C=C\CCCCCCCCCCCCCCCCCCCCCCCCCCCCCCCC(=O)NC(CO)C(O)/C=C/CCCCCCCCCCCCCCC. The van der Waals surface area contributed by atoms with Gasteiger partial charge in [-0.05, 0) is 51.4 Å². The van der Waals surface area contributed by atoms with Crippen LogP contribution in [-0.4, -0.2) is 34.9 Å². The van der Waals surface area contributed by atoms with Crippen molar-refractivity contribution in [1.82, 2.24) is 5.32 Å². The maximum absolute atomic E-state index is 12.5. The largest absolute Gasteiger partial charge is 0.394 e. The van der Waals surface area contributed by atoms with Gasteiger partial charge in [-0.15, -0.1) is 0 Å². The van der Waals surface area contributed by atoms with Crippen molar-refractivity contribution in [2.24, 2.45) is 0 Å². The van der Waals surface area contributed by atoms with E-state index in [1.54, 1.807) is 6.08 Å². The van der Waals surface area contributed by atoms with Crippen LogP contribution in [0.3, 0.4) is 0 Å². The second-order valence-corrected chi connectivity index (χ2v) is 21.5. The van der Waals surface area contributed by atoms with Crippen molar-refractivity contribution >= 4 is 5.91 Å². The van der Waals surface area contributed by atoms with E-state index < -0.39 is 12.1 Å². The van der Waals surface area contributed by atoms with E-state index in [2.05, 4.69) is 43.5 Å². The summed E-state index contributed by atoms with van der Waals surface area (Å²) in [6.45, 7) is 4.32. The average Bonchev–Trinajstić information content (AvgIpc) is 3.34. The summed E-state index contributed by atoms with van der Waals surface area (Å²) < 4.78 is 0. The molecule has 4 heteroatoms. The van der Waals surface area contributed by atoms with Crippen molar-refractivity contribution in [3.63, 3.8) is 0 Å². The molecule has 2 atom stereocenters. The number of amides is 1. The van der Waals surface area contributed by atoms with Crippen LogP contribution in [0.1, 0.15) is 348 Å². The Morgan fingerprint density at radius 3 is 0.882 bits per heavy atom. The van der Waals surface area contributed by atoms with Gasteiger partial charge in [-0.3, -0.25) is 4.79 Å².